The van der Waals surface area contributed by atoms with Crippen LogP contribution in [0.25, 0.3) is 0 Å². The van der Waals surface area contributed by atoms with Crippen molar-refractivity contribution in [3.05, 3.63) is 20.8 Å². The fourth-order valence-electron chi connectivity index (χ4n) is 1.04. The van der Waals surface area contributed by atoms with Crippen molar-refractivity contribution in [2.45, 2.75) is 13.5 Å². The minimum atomic E-state index is 0.269. The van der Waals surface area contributed by atoms with Gasteiger partial charge in [0, 0.05) is 11.1 Å². The van der Waals surface area contributed by atoms with Gasteiger partial charge in [-0.15, -0.1) is 16.4 Å². The van der Waals surface area contributed by atoms with E-state index in [1.165, 1.54) is 0 Å². The second kappa shape index (κ2) is 3.66. The molecule has 0 aliphatic heterocycles. The summed E-state index contributed by atoms with van der Waals surface area (Å²) in [6, 6.07) is 0. The molecule has 2 rings (SSSR count). The molecule has 0 fully saturated rings. The van der Waals surface area contributed by atoms with E-state index in [-0.39, 0.29) is 5.95 Å². The molecule has 0 saturated carbocycles. The molecule has 0 aromatic carbocycles. The number of nitrogens with two attached hydrogens (primary N) is 1. The molecular formula is C7H8BrN5S. The molecule has 2 heterocycles. The molecule has 0 radical (unpaired) electrons. The Morgan fingerprint density at radius 2 is 2.36 bits per heavy atom. The molecule has 0 unspecified atom stereocenters. The molecule has 5 nitrogen and oxygen atoms in total. The lowest BCUT2D eigenvalue weighted by molar-refractivity contribution is 0.666. The number of aromatic nitrogens is 4. The van der Waals surface area contributed by atoms with Gasteiger partial charge in [0.25, 0.3) is 0 Å². The van der Waals surface area contributed by atoms with Crippen LogP contribution in [0.2, 0.25) is 0 Å². The minimum absolute atomic E-state index is 0.269. The third-order valence-corrected chi connectivity index (χ3v) is 3.13. The summed E-state index contributed by atoms with van der Waals surface area (Å²) in [5.74, 6) is 0.269. The molecule has 14 heavy (non-hydrogen) atoms. The van der Waals surface area contributed by atoms with E-state index in [0.717, 1.165) is 10.7 Å². The van der Waals surface area contributed by atoms with Crippen LogP contribution in [0.5, 0.6) is 0 Å². The maximum atomic E-state index is 5.45. The van der Waals surface area contributed by atoms with Gasteiger partial charge in [0.05, 0.1) is 6.54 Å². The van der Waals surface area contributed by atoms with Crippen LogP contribution in [0.3, 0.4) is 0 Å². The number of nitrogens with zero attached hydrogens (tertiary/aromatic N) is 4. The first-order chi connectivity index (χ1) is 6.65. The van der Waals surface area contributed by atoms with E-state index in [9.17, 15) is 0 Å². The highest BCUT2D eigenvalue weighted by atomic mass is 79.9. The Morgan fingerprint density at radius 1 is 1.57 bits per heavy atom. The van der Waals surface area contributed by atoms with Crippen LogP contribution in [0.1, 0.15) is 10.7 Å². The monoisotopic (exact) mass is 273 g/mol. The van der Waals surface area contributed by atoms with Crippen molar-refractivity contribution in [3.8, 4) is 0 Å². The van der Waals surface area contributed by atoms with Crippen molar-refractivity contribution in [1.82, 2.24) is 19.7 Å². The van der Waals surface area contributed by atoms with Crippen LogP contribution in [-0.2, 0) is 6.54 Å². The smallest absolute Gasteiger partial charge is 0.240 e. The SMILES string of the molecule is Cc1csc(Cn2nc(N)nc2Br)n1. The van der Waals surface area contributed by atoms with Crippen LogP contribution < -0.4 is 5.73 Å². The number of rotatable bonds is 2. The van der Waals surface area contributed by atoms with Gasteiger partial charge < -0.3 is 5.73 Å². The minimum Gasteiger partial charge on any atom is -0.366 e. The quantitative estimate of drug-likeness (QED) is 0.899. The normalized spacial score (nSPS) is 10.7. The molecule has 2 aromatic rings. The van der Waals surface area contributed by atoms with E-state index in [2.05, 4.69) is 31.0 Å². The van der Waals surface area contributed by atoms with Crippen molar-refractivity contribution < 1.29 is 0 Å². The molecule has 0 atom stereocenters. The Bertz CT molecular complexity index is 449. The van der Waals surface area contributed by atoms with Gasteiger partial charge in [-0.3, -0.25) is 0 Å². The molecular weight excluding hydrogens is 266 g/mol. The van der Waals surface area contributed by atoms with Crippen molar-refractivity contribution >= 4 is 33.2 Å². The predicted octanol–water partition coefficient (Wildman–Crippen LogP) is 1.44. The average molecular weight is 274 g/mol. The lowest BCUT2D eigenvalue weighted by Gasteiger charge is -1.96. The van der Waals surface area contributed by atoms with Crippen LogP contribution in [-0.4, -0.2) is 19.7 Å². The zero-order valence-corrected chi connectivity index (χ0v) is 9.84. The lowest BCUT2D eigenvalue weighted by Crippen LogP contribution is -2.02. The van der Waals surface area contributed by atoms with Gasteiger partial charge in [0.15, 0.2) is 4.73 Å². The highest BCUT2D eigenvalue weighted by Crippen LogP contribution is 2.14. The molecule has 0 aliphatic rings. The lowest BCUT2D eigenvalue weighted by atomic mass is 10.6. The van der Waals surface area contributed by atoms with Crippen LogP contribution in [0, 0.1) is 6.92 Å². The third kappa shape index (κ3) is 1.93. The standard InChI is InChI=1S/C7H8BrN5S/c1-4-3-14-5(10-4)2-13-6(8)11-7(9)12-13/h3H,2H2,1H3,(H2,9,12). The summed E-state index contributed by atoms with van der Waals surface area (Å²) in [6.07, 6.45) is 0. The number of thiazole rings is 1. The first kappa shape index (κ1) is 9.60. The number of anilines is 1. The van der Waals surface area contributed by atoms with E-state index in [0.29, 0.717) is 11.3 Å². The number of aryl methyl sites for hydroxylation is 1. The van der Waals surface area contributed by atoms with Gasteiger partial charge in [-0.1, -0.05) is 0 Å². The Kier molecular flexibility index (Phi) is 2.51. The summed E-state index contributed by atoms with van der Waals surface area (Å²) < 4.78 is 2.30. The van der Waals surface area contributed by atoms with Crippen molar-refractivity contribution in [2.75, 3.05) is 5.73 Å². The van der Waals surface area contributed by atoms with Gasteiger partial charge in [-0.05, 0) is 22.9 Å². The van der Waals surface area contributed by atoms with Gasteiger partial charge in [-0.2, -0.15) is 4.98 Å². The van der Waals surface area contributed by atoms with Crippen molar-refractivity contribution in [3.63, 3.8) is 0 Å². The fourth-order valence-corrected chi connectivity index (χ4v) is 2.18. The van der Waals surface area contributed by atoms with Crippen LogP contribution in [0.4, 0.5) is 5.95 Å². The molecule has 0 aliphatic carbocycles. The van der Waals surface area contributed by atoms with Crippen molar-refractivity contribution in [1.29, 1.82) is 0 Å². The maximum Gasteiger partial charge on any atom is 0.240 e. The maximum absolute atomic E-state index is 5.45. The molecule has 0 saturated heterocycles. The van der Waals surface area contributed by atoms with E-state index >= 15 is 0 Å². The van der Waals surface area contributed by atoms with E-state index in [4.69, 9.17) is 5.73 Å². The summed E-state index contributed by atoms with van der Waals surface area (Å²) >= 11 is 4.87. The highest BCUT2D eigenvalue weighted by molar-refractivity contribution is 9.10. The summed E-state index contributed by atoms with van der Waals surface area (Å²) in [5, 5.41) is 7.01. The summed E-state index contributed by atoms with van der Waals surface area (Å²) in [4.78, 5) is 8.26. The van der Waals surface area contributed by atoms with Crippen LogP contribution in [0.15, 0.2) is 10.1 Å². The number of nitrogen functional groups attached to an aromatic ring is 1. The van der Waals surface area contributed by atoms with Gasteiger partial charge in [-0.25, -0.2) is 9.67 Å². The first-order valence-electron chi connectivity index (χ1n) is 3.92. The molecule has 0 amide bonds. The molecule has 0 bridgehead atoms. The second-order valence-corrected chi connectivity index (χ2v) is 4.43. The largest absolute Gasteiger partial charge is 0.366 e. The van der Waals surface area contributed by atoms with Gasteiger partial charge in [0.1, 0.15) is 5.01 Å². The van der Waals surface area contributed by atoms with Crippen molar-refractivity contribution in [2.24, 2.45) is 0 Å². The Hall–Kier alpha value is -0.950. The summed E-state index contributed by atoms with van der Waals surface area (Å²) in [6.45, 7) is 2.56. The predicted molar refractivity (Wildman–Crippen MR) is 58.1 cm³/mol. The molecule has 7 heteroatoms. The van der Waals surface area contributed by atoms with E-state index < -0.39 is 0 Å². The fraction of sp³-hybridized carbons (Fsp3) is 0.286. The molecule has 0 spiro atoms. The molecule has 74 valence electrons. The Balaban J connectivity index is 2.22. The topological polar surface area (TPSA) is 69.6 Å². The number of halogens is 1. The number of hydrogen-bond donors (Lipinski definition) is 1. The first-order valence-corrected chi connectivity index (χ1v) is 5.59. The van der Waals surface area contributed by atoms with E-state index in [1.807, 2.05) is 12.3 Å². The van der Waals surface area contributed by atoms with Gasteiger partial charge in [0.2, 0.25) is 5.95 Å². The second-order valence-electron chi connectivity index (χ2n) is 2.78. The highest BCUT2D eigenvalue weighted by Gasteiger charge is 2.06. The zero-order valence-electron chi connectivity index (χ0n) is 7.44. The average Bonchev–Trinajstić information content (AvgIpc) is 2.61. The number of hydrogen-bond acceptors (Lipinski definition) is 5. The van der Waals surface area contributed by atoms with Crippen LogP contribution >= 0.6 is 27.3 Å². The Morgan fingerprint density at radius 3 is 2.86 bits per heavy atom. The van der Waals surface area contributed by atoms with Gasteiger partial charge >= 0.3 is 0 Å². The Labute approximate surface area is 93.1 Å². The molecule has 2 N–H and O–H groups in total. The molecule has 2 aromatic heterocycles. The third-order valence-electron chi connectivity index (χ3n) is 1.59. The van der Waals surface area contributed by atoms with E-state index in [1.54, 1.807) is 16.0 Å². The summed E-state index contributed by atoms with van der Waals surface area (Å²) in [7, 11) is 0. The zero-order chi connectivity index (χ0) is 10.1. The summed E-state index contributed by atoms with van der Waals surface area (Å²) in [5.41, 5.74) is 6.47.